The molecule has 0 fully saturated rings. The predicted octanol–water partition coefficient (Wildman–Crippen LogP) is 1.27. The number of carbonyl (C=O) groups excluding carboxylic acids is 1. The molecule has 0 saturated carbocycles. The molecule has 0 aliphatic rings. The van der Waals surface area contributed by atoms with Gasteiger partial charge in [-0.1, -0.05) is 0 Å². The summed E-state index contributed by atoms with van der Waals surface area (Å²) < 4.78 is 7.61. The van der Waals surface area contributed by atoms with Gasteiger partial charge in [-0.15, -0.1) is 0 Å². The minimum atomic E-state index is -0.573. The third-order valence-electron chi connectivity index (χ3n) is 1.02. The Bertz CT molecular complexity index is 125. The normalized spacial score (nSPS) is 11.2. The van der Waals surface area contributed by atoms with Crippen molar-refractivity contribution in [1.29, 1.82) is 0 Å². The molecule has 0 bridgehead atoms. The minimum Gasteiger partial charge on any atom is -0.465 e. The van der Waals surface area contributed by atoms with Gasteiger partial charge in [-0.25, -0.2) is 3.53 Å². The molecule has 0 aromatic heterocycles. The van der Waals surface area contributed by atoms with Crippen LogP contribution in [-0.2, 0) is 9.53 Å². The predicted molar refractivity (Wildman–Crippen MR) is 47.9 cm³/mol. The monoisotopic (exact) mass is 257 g/mol. The second-order valence-electron chi connectivity index (χ2n) is 2.44. The van der Waals surface area contributed by atoms with E-state index in [-0.39, 0.29) is 5.97 Å². The number of carbonyl (C=O) groups is 1. The molecule has 0 amide bonds. The van der Waals surface area contributed by atoms with Crippen molar-refractivity contribution in [3.8, 4) is 0 Å². The number of rotatable bonds is 3. The fourth-order valence-corrected chi connectivity index (χ4v) is 0.570. The van der Waals surface area contributed by atoms with E-state index in [1.807, 2.05) is 22.9 Å². The van der Waals surface area contributed by atoms with Crippen molar-refractivity contribution in [3.05, 3.63) is 0 Å². The lowest BCUT2D eigenvalue weighted by atomic mass is 10.1. The topological polar surface area (TPSA) is 38.3 Å². The molecule has 0 aromatic carbocycles. The second-order valence-corrected chi connectivity index (χ2v) is 2.98. The van der Waals surface area contributed by atoms with Gasteiger partial charge in [0.1, 0.15) is 5.54 Å². The fraction of sp³-hybridized carbons (Fsp3) is 0.833. The van der Waals surface area contributed by atoms with Crippen LogP contribution < -0.4 is 3.53 Å². The summed E-state index contributed by atoms with van der Waals surface area (Å²) in [5, 5.41) is 0. The van der Waals surface area contributed by atoms with Gasteiger partial charge in [0.05, 0.1) is 6.61 Å². The lowest BCUT2D eigenvalue weighted by Gasteiger charge is -2.19. The van der Waals surface area contributed by atoms with Crippen LogP contribution in [0.3, 0.4) is 0 Å². The average molecular weight is 257 g/mol. The molecule has 4 heteroatoms. The van der Waals surface area contributed by atoms with Gasteiger partial charge >= 0.3 is 5.97 Å². The molecule has 10 heavy (non-hydrogen) atoms. The van der Waals surface area contributed by atoms with E-state index in [0.29, 0.717) is 6.61 Å². The fourth-order valence-electron chi connectivity index (χ4n) is 0.350. The summed E-state index contributed by atoms with van der Waals surface area (Å²) in [5.74, 6) is -0.218. The molecule has 0 saturated heterocycles. The zero-order valence-electron chi connectivity index (χ0n) is 6.40. The van der Waals surface area contributed by atoms with Crippen LogP contribution in [0.1, 0.15) is 20.8 Å². The van der Waals surface area contributed by atoms with Crippen LogP contribution in [0, 0.1) is 0 Å². The molecule has 0 rings (SSSR count). The SMILES string of the molecule is CCOC(=O)C(C)(C)NI. The number of nitrogens with one attached hydrogen (secondary N) is 1. The molecule has 0 radical (unpaired) electrons. The van der Waals surface area contributed by atoms with Crippen LogP contribution >= 0.6 is 22.9 Å². The summed E-state index contributed by atoms with van der Waals surface area (Å²) in [4.78, 5) is 11.0. The van der Waals surface area contributed by atoms with E-state index in [1.165, 1.54) is 0 Å². The van der Waals surface area contributed by atoms with Crippen LogP contribution in [0.25, 0.3) is 0 Å². The minimum absolute atomic E-state index is 0.218. The van der Waals surface area contributed by atoms with E-state index in [9.17, 15) is 4.79 Å². The van der Waals surface area contributed by atoms with Gasteiger partial charge in [-0.3, -0.25) is 4.79 Å². The first kappa shape index (κ1) is 10.2. The standard InChI is InChI=1S/C6H12INO2/c1-4-10-5(9)6(2,3)8-7/h8H,4H2,1-3H3. The third-order valence-corrected chi connectivity index (χ3v) is 2.37. The zero-order valence-corrected chi connectivity index (χ0v) is 8.56. The molecule has 60 valence electrons. The van der Waals surface area contributed by atoms with Gasteiger partial charge in [0.25, 0.3) is 0 Å². The van der Waals surface area contributed by atoms with Gasteiger partial charge in [-0.2, -0.15) is 0 Å². The molecule has 0 atom stereocenters. The summed E-state index contributed by atoms with van der Waals surface area (Å²) >= 11 is 1.93. The molecule has 0 unspecified atom stereocenters. The number of halogens is 1. The van der Waals surface area contributed by atoms with Gasteiger partial charge in [0, 0.05) is 22.9 Å². The van der Waals surface area contributed by atoms with Crippen molar-refractivity contribution >= 4 is 28.8 Å². The van der Waals surface area contributed by atoms with E-state index in [0.717, 1.165) is 0 Å². The maximum atomic E-state index is 11.0. The van der Waals surface area contributed by atoms with Crippen LogP contribution in [0.15, 0.2) is 0 Å². The van der Waals surface area contributed by atoms with Crippen LogP contribution in [0.5, 0.6) is 0 Å². The zero-order chi connectivity index (χ0) is 8.20. The lowest BCUT2D eigenvalue weighted by Crippen LogP contribution is -2.42. The van der Waals surface area contributed by atoms with Crippen LogP contribution in [0.4, 0.5) is 0 Å². The highest BCUT2D eigenvalue weighted by atomic mass is 127. The molecule has 0 aliphatic heterocycles. The average Bonchev–Trinajstić information content (AvgIpc) is 1.89. The molecule has 0 aliphatic carbocycles. The van der Waals surface area contributed by atoms with Crippen LogP contribution in [0.2, 0.25) is 0 Å². The Morgan fingerprint density at radius 3 is 2.50 bits per heavy atom. The van der Waals surface area contributed by atoms with Crippen molar-refractivity contribution in [1.82, 2.24) is 3.53 Å². The first-order valence-electron chi connectivity index (χ1n) is 3.09. The molecule has 3 nitrogen and oxygen atoms in total. The molecule has 1 N–H and O–H groups in total. The summed E-state index contributed by atoms with van der Waals surface area (Å²) in [7, 11) is 0. The first-order chi connectivity index (χ1) is 4.54. The number of hydrogen-bond donors (Lipinski definition) is 1. The Kier molecular flexibility index (Phi) is 4.19. The largest absolute Gasteiger partial charge is 0.465 e. The Morgan fingerprint density at radius 2 is 2.20 bits per heavy atom. The van der Waals surface area contributed by atoms with Crippen molar-refractivity contribution in [2.24, 2.45) is 0 Å². The second kappa shape index (κ2) is 4.12. The van der Waals surface area contributed by atoms with Crippen molar-refractivity contribution < 1.29 is 9.53 Å². The van der Waals surface area contributed by atoms with Gasteiger partial charge < -0.3 is 4.74 Å². The molecular weight excluding hydrogens is 245 g/mol. The van der Waals surface area contributed by atoms with E-state index < -0.39 is 5.54 Å². The Hall–Kier alpha value is 0.160. The molecular formula is C6H12INO2. The maximum Gasteiger partial charge on any atom is 0.326 e. The van der Waals surface area contributed by atoms with Crippen molar-refractivity contribution in [3.63, 3.8) is 0 Å². The lowest BCUT2D eigenvalue weighted by molar-refractivity contribution is -0.148. The molecule has 0 aromatic rings. The van der Waals surface area contributed by atoms with Crippen LogP contribution in [-0.4, -0.2) is 18.1 Å². The summed E-state index contributed by atoms with van der Waals surface area (Å²) in [6, 6.07) is 0. The summed E-state index contributed by atoms with van der Waals surface area (Å²) in [6.45, 7) is 5.77. The molecule has 0 heterocycles. The quantitative estimate of drug-likeness (QED) is 0.470. The summed E-state index contributed by atoms with van der Waals surface area (Å²) in [5.41, 5.74) is -0.573. The van der Waals surface area contributed by atoms with Gasteiger partial charge in [0.15, 0.2) is 0 Å². The Balaban J connectivity index is 3.91. The van der Waals surface area contributed by atoms with Crippen molar-refractivity contribution in [2.45, 2.75) is 26.3 Å². The van der Waals surface area contributed by atoms with Gasteiger partial charge in [0.2, 0.25) is 0 Å². The Morgan fingerprint density at radius 1 is 1.70 bits per heavy atom. The van der Waals surface area contributed by atoms with E-state index >= 15 is 0 Å². The van der Waals surface area contributed by atoms with E-state index in [4.69, 9.17) is 4.74 Å². The highest BCUT2D eigenvalue weighted by molar-refractivity contribution is 14.1. The number of hydrogen-bond acceptors (Lipinski definition) is 3. The van der Waals surface area contributed by atoms with Crippen molar-refractivity contribution in [2.75, 3.05) is 6.61 Å². The Labute approximate surface area is 75.0 Å². The first-order valence-corrected chi connectivity index (χ1v) is 4.17. The van der Waals surface area contributed by atoms with E-state index in [1.54, 1.807) is 20.8 Å². The maximum absolute atomic E-state index is 11.0. The highest BCUT2D eigenvalue weighted by Gasteiger charge is 2.27. The van der Waals surface area contributed by atoms with Gasteiger partial charge in [-0.05, 0) is 20.8 Å². The molecule has 0 spiro atoms. The third kappa shape index (κ3) is 2.83. The number of esters is 1. The van der Waals surface area contributed by atoms with E-state index in [2.05, 4.69) is 3.53 Å². The number of ether oxygens (including phenoxy) is 1. The smallest absolute Gasteiger partial charge is 0.326 e. The highest BCUT2D eigenvalue weighted by Crippen LogP contribution is 2.06. The summed E-state index contributed by atoms with van der Waals surface area (Å²) in [6.07, 6.45) is 0.